The van der Waals surface area contributed by atoms with E-state index in [9.17, 15) is 9.90 Å². The summed E-state index contributed by atoms with van der Waals surface area (Å²) in [5.74, 6) is 0.557. The Labute approximate surface area is 180 Å². The van der Waals surface area contributed by atoms with Crippen molar-refractivity contribution in [1.29, 1.82) is 0 Å². The summed E-state index contributed by atoms with van der Waals surface area (Å²) in [6.45, 7) is 4.70. The zero-order chi connectivity index (χ0) is 21.3. The topological polar surface area (TPSA) is 67.6 Å². The van der Waals surface area contributed by atoms with Gasteiger partial charge in [-0.05, 0) is 68.4 Å². The number of hydrogen-bond acceptors (Lipinski definition) is 4. The predicted octanol–water partition coefficient (Wildman–Crippen LogP) is 3.80. The van der Waals surface area contributed by atoms with Crippen LogP contribution >= 0.6 is 11.6 Å². The van der Waals surface area contributed by atoms with Crippen molar-refractivity contribution in [3.05, 3.63) is 76.6 Å². The molecule has 6 nitrogen and oxygen atoms in total. The van der Waals surface area contributed by atoms with Gasteiger partial charge >= 0.3 is 0 Å². The minimum absolute atomic E-state index is 0.0982. The Morgan fingerprint density at radius 3 is 2.43 bits per heavy atom. The van der Waals surface area contributed by atoms with Crippen molar-refractivity contribution in [1.82, 2.24) is 14.7 Å². The maximum atomic E-state index is 12.9. The molecule has 156 valence electrons. The Hall–Kier alpha value is -2.83. The average Bonchev–Trinajstić information content (AvgIpc) is 3.08. The first-order valence-electron chi connectivity index (χ1n) is 9.94. The summed E-state index contributed by atoms with van der Waals surface area (Å²) in [7, 11) is 0. The van der Waals surface area contributed by atoms with Crippen LogP contribution in [0.5, 0.6) is 5.75 Å². The van der Waals surface area contributed by atoms with E-state index in [1.807, 2.05) is 36.7 Å². The number of carbonyl (C=O) groups excluding carboxylic acids is 1. The lowest BCUT2D eigenvalue weighted by Gasteiger charge is -2.36. The zero-order valence-corrected chi connectivity index (χ0v) is 17.7. The van der Waals surface area contributed by atoms with Crippen molar-refractivity contribution in [3.8, 4) is 11.4 Å². The lowest BCUT2D eigenvalue weighted by atomic mass is 10.0. The van der Waals surface area contributed by atoms with Gasteiger partial charge in [-0.2, -0.15) is 5.10 Å². The first kappa shape index (κ1) is 20.4. The number of nitrogens with zero attached hydrogens (tertiary/aromatic N) is 3. The highest BCUT2D eigenvalue weighted by Crippen LogP contribution is 2.23. The van der Waals surface area contributed by atoms with Gasteiger partial charge in [-0.25, -0.2) is 4.68 Å². The van der Waals surface area contributed by atoms with E-state index in [0.29, 0.717) is 29.3 Å². The number of ether oxygens (including phenoxy) is 1. The fourth-order valence-electron chi connectivity index (χ4n) is 3.74. The van der Waals surface area contributed by atoms with E-state index < -0.39 is 6.10 Å². The van der Waals surface area contributed by atoms with Crippen LogP contribution in [0.3, 0.4) is 0 Å². The summed E-state index contributed by atoms with van der Waals surface area (Å²) in [5.41, 5.74) is 3.49. The molecule has 1 aromatic heterocycles. The van der Waals surface area contributed by atoms with Gasteiger partial charge in [0.25, 0.3) is 5.91 Å². The molecule has 2 aromatic carbocycles. The van der Waals surface area contributed by atoms with E-state index >= 15 is 0 Å². The molecule has 0 radical (unpaired) electrons. The molecule has 1 fully saturated rings. The number of piperidine rings is 1. The van der Waals surface area contributed by atoms with Crippen LogP contribution in [-0.2, 0) is 0 Å². The van der Waals surface area contributed by atoms with Crippen molar-refractivity contribution in [2.45, 2.75) is 32.5 Å². The molecule has 0 bridgehead atoms. The number of carbonyl (C=O) groups is 1. The van der Waals surface area contributed by atoms with Crippen LogP contribution in [0.25, 0.3) is 5.69 Å². The van der Waals surface area contributed by atoms with Crippen molar-refractivity contribution in [3.63, 3.8) is 0 Å². The van der Waals surface area contributed by atoms with E-state index in [-0.39, 0.29) is 18.6 Å². The summed E-state index contributed by atoms with van der Waals surface area (Å²) >= 11 is 5.89. The fourth-order valence-corrected chi connectivity index (χ4v) is 3.86. The number of aryl methyl sites for hydroxylation is 2. The molecule has 4 rings (SSSR count). The van der Waals surface area contributed by atoms with Gasteiger partial charge in [0.05, 0.1) is 17.9 Å². The molecule has 1 saturated heterocycles. The first-order chi connectivity index (χ1) is 14.4. The molecular formula is C23H24ClN3O3. The van der Waals surface area contributed by atoms with Gasteiger partial charge in [0.1, 0.15) is 18.0 Å². The summed E-state index contributed by atoms with van der Waals surface area (Å²) in [4.78, 5) is 14.6. The molecule has 0 spiro atoms. The summed E-state index contributed by atoms with van der Waals surface area (Å²) < 4.78 is 7.73. The highest BCUT2D eigenvalue weighted by molar-refractivity contribution is 6.30. The maximum Gasteiger partial charge on any atom is 0.253 e. The number of likely N-dealkylation sites (tertiary alicyclic amines) is 1. The zero-order valence-electron chi connectivity index (χ0n) is 17.0. The van der Waals surface area contributed by atoms with Crippen molar-refractivity contribution in [2.75, 3.05) is 13.1 Å². The Bertz CT molecular complexity index is 1030. The molecule has 0 aliphatic carbocycles. The minimum atomic E-state index is -0.757. The molecule has 1 N–H and O–H groups in total. The second-order valence-corrected chi connectivity index (χ2v) is 8.04. The quantitative estimate of drug-likeness (QED) is 0.690. The molecule has 30 heavy (non-hydrogen) atoms. The van der Waals surface area contributed by atoms with Crippen LogP contribution in [0, 0.1) is 13.8 Å². The van der Waals surface area contributed by atoms with Crippen LogP contribution in [0.4, 0.5) is 0 Å². The number of aromatic nitrogens is 2. The normalized spacial score (nSPS) is 19.0. The summed E-state index contributed by atoms with van der Waals surface area (Å²) in [6, 6.07) is 16.4. The van der Waals surface area contributed by atoms with E-state index in [1.54, 1.807) is 41.3 Å². The van der Waals surface area contributed by atoms with E-state index in [4.69, 9.17) is 16.3 Å². The number of aliphatic hydroxyl groups is 1. The number of benzene rings is 2. The summed E-state index contributed by atoms with van der Waals surface area (Å²) in [6.07, 6.45) is -0.560. The molecule has 0 saturated carbocycles. The van der Waals surface area contributed by atoms with E-state index in [2.05, 4.69) is 5.10 Å². The van der Waals surface area contributed by atoms with Gasteiger partial charge in [0, 0.05) is 29.2 Å². The maximum absolute atomic E-state index is 12.9. The lowest BCUT2D eigenvalue weighted by molar-refractivity contribution is -0.0198. The van der Waals surface area contributed by atoms with Crippen molar-refractivity contribution >= 4 is 17.5 Å². The fraction of sp³-hybridized carbons (Fsp3) is 0.304. The standard InChI is InChI=1S/C23H24ClN3O3/c1-15-13-16(2)27(25-15)19-7-3-17(4-8-19)23(29)26-12-11-22(21(28)14-26)30-20-9-5-18(24)6-10-20/h3-10,13,21-22,28H,11-12,14H2,1-2H3/t21-,22-/m1/s1. The summed E-state index contributed by atoms with van der Waals surface area (Å²) in [5, 5.41) is 15.6. The Morgan fingerprint density at radius 2 is 1.83 bits per heavy atom. The van der Waals surface area contributed by atoms with E-state index in [1.165, 1.54) is 0 Å². The Kier molecular flexibility index (Phi) is 5.79. The van der Waals surface area contributed by atoms with Crippen LogP contribution in [0.1, 0.15) is 28.2 Å². The van der Waals surface area contributed by atoms with Gasteiger partial charge in [-0.3, -0.25) is 4.79 Å². The van der Waals surface area contributed by atoms with Gasteiger partial charge in [-0.15, -0.1) is 0 Å². The molecule has 2 heterocycles. The van der Waals surface area contributed by atoms with Crippen molar-refractivity contribution in [2.24, 2.45) is 0 Å². The van der Waals surface area contributed by atoms with Gasteiger partial charge in [-0.1, -0.05) is 11.6 Å². The highest BCUT2D eigenvalue weighted by Gasteiger charge is 2.32. The van der Waals surface area contributed by atoms with Crippen LogP contribution in [0.2, 0.25) is 5.02 Å². The Morgan fingerprint density at radius 1 is 1.13 bits per heavy atom. The molecule has 1 amide bonds. The van der Waals surface area contributed by atoms with Gasteiger partial charge < -0.3 is 14.7 Å². The third kappa shape index (κ3) is 4.35. The van der Waals surface area contributed by atoms with Crippen molar-refractivity contribution < 1.29 is 14.6 Å². The molecular weight excluding hydrogens is 402 g/mol. The van der Waals surface area contributed by atoms with Gasteiger partial charge in [0.2, 0.25) is 0 Å². The lowest BCUT2D eigenvalue weighted by Crippen LogP contribution is -2.51. The molecule has 7 heteroatoms. The Balaban J connectivity index is 1.39. The molecule has 2 atom stereocenters. The minimum Gasteiger partial charge on any atom is -0.488 e. The predicted molar refractivity (Wildman–Crippen MR) is 115 cm³/mol. The number of amides is 1. The third-order valence-corrected chi connectivity index (χ3v) is 5.53. The van der Waals surface area contributed by atoms with E-state index in [0.717, 1.165) is 17.1 Å². The number of halogens is 1. The first-order valence-corrected chi connectivity index (χ1v) is 10.3. The van der Waals surface area contributed by atoms with Crippen LogP contribution in [0.15, 0.2) is 54.6 Å². The molecule has 3 aromatic rings. The molecule has 0 unspecified atom stereocenters. The third-order valence-electron chi connectivity index (χ3n) is 5.28. The molecule has 1 aliphatic rings. The number of aliphatic hydroxyl groups excluding tert-OH is 1. The number of hydrogen-bond donors (Lipinski definition) is 1. The molecule has 1 aliphatic heterocycles. The number of rotatable bonds is 4. The second-order valence-electron chi connectivity index (χ2n) is 7.60. The number of β-amino-alcohol motifs (C(OH)–C–C–N with tert-alkyl or cyclic N) is 1. The van der Waals surface area contributed by atoms with Crippen LogP contribution in [-0.4, -0.2) is 51.0 Å². The SMILES string of the molecule is Cc1cc(C)n(-c2ccc(C(=O)N3CC[C@@H](Oc4ccc(Cl)cc4)[C@H](O)C3)cc2)n1. The monoisotopic (exact) mass is 425 g/mol. The van der Waals surface area contributed by atoms with Gasteiger partial charge in [0.15, 0.2) is 0 Å². The highest BCUT2D eigenvalue weighted by atomic mass is 35.5. The second kappa shape index (κ2) is 8.50. The van der Waals surface area contributed by atoms with Crippen LogP contribution < -0.4 is 4.74 Å². The smallest absolute Gasteiger partial charge is 0.253 e. The average molecular weight is 426 g/mol. The largest absolute Gasteiger partial charge is 0.488 e.